The Hall–Kier alpha value is 0.310. The molecule has 58 valence electrons. The van der Waals surface area contributed by atoms with E-state index >= 15 is 0 Å². The summed E-state index contributed by atoms with van der Waals surface area (Å²) in [6, 6.07) is 0. The van der Waals surface area contributed by atoms with Crippen LogP contribution in [0.2, 0.25) is 0 Å². The van der Waals surface area contributed by atoms with E-state index < -0.39 is 0 Å². The zero-order chi connectivity index (χ0) is 6.81. The monoisotopic (exact) mass is 157 g/mol. The van der Waals surface area contributed by atoms with Gasteiger partial charge in [0.15, 0.2) is 0 Å². The third-order valence-corrected chi connectivity index (χ3v) is 4.07. The third-order valence-electron chi connectivity index (χ3n) is 2.62. The molecule has 2 saturated heterocycles. The minimum absolute atomic E-state index is 0.961. The summed E-state index contributed by atoms with van der Waals surface area (Å²) >= 11 is 2.18. The minimum atomic E-state index is 0.961. The molecule has 0 spiro atoms. The fraction of sp³-hybridized carbons (Fsp3) is 1.00. The van der Waals surface area contributed by atoms with E-state index in [4.69, 9.17) is 0 Å². The van der Waals surface area contributed by atoms with Crippen LogP contribution in [0.5, 0.6) is 0 Å². The highest BCUT2D eigenvalue weighted by atomic mass is 32.2. The molecule has 0 aliphatic carbocycles. The highest BCUT2D eigenvalue weighted by Gasteiger charge is 2.28. The number of nitrogens with one attached hydrogen (secondary N) is 1. The Morgan fingerprint density at radius 1 is 1.30 bits per heavy atom. The summed E-state index contributed by atoms with van der Waals surface area (Å²) in [5.74, 6) is 2.47. The van der Waals surface area contributed by atoms with Gasteiger partial charge in [0, 0.05) is 11.8 Å². The Morgan fingerprint density at radius 3 is 3.30 bits per heavy atom. The summed E-state index contributed by atoms with van der Waals surface area (Å²) in [6.45, 7) is 2.53. The number of thioether (sulfide) groups is 1. The van der Waals surface area contributed by atoms with E-state index in [1.165, 1.54) is 38.1 Å². The molecule has 2 aliphatic rings. The Kier molecular flexibility index (Phi) is 2.19. The van der Waals surface area contributed by atoms with Gasteiger partial charge in [-0.3, -0.25) is 0 Å². The lowest BCUT2D eigenvalue weighted by Gasteiger charge is -2.13. The maximum atomic E-state index is 3.50. The molecule has 0 aromatic heterocycles. The average molecular weight is 157 g/mol. The Morgan fingerprint density at radius 2 is 2.30 bits per heavy atom. The van der Waals surface area contributed by atoms with Crippen LogP contribution in [0.15, 0.2) is 0 Å². The number of hydrogen-bond acceptors (Lipinski definition) is 2. The topological polar surface area (TPSA) is 12.0 Å². The molecule has 0 amide bonds. The lowest BCUT2D eigenvalue weighted by atomic mass is 9.98. The van der Waals surface area contributed by atoms with Gasteiger partial charge in [0.25, 0.3) is 0 Å². The molecule has 2 atom stereocenters. The first-order valence-corrected chi connectivity index (χ1v) is 5.34. The van der Waals surface area contributed by atoms with E-state index in [2.05, 4.69) is 17.1 Å². The van der Waals surface area contributed by atoms with Crippen LogP contribution < -0.4 is 5.32 Å². The van der Waals surface area contributed by atoms with Crippen molar-refractivity contribution in [2.75, 3.05) is 18.8 Å². The first-order chi connectivity index (χ1) is 4.97. The Bertz CT molecular complexity index is 104. The lowest BCUT2D eigenvalue weighted by molar-refractivity contribution is 0.493. The van der Waals surface area contributed by atoms with Gasteiger partial charge < -0.3 is 5.32 Å². The first-order valence-electron chi connectivity index (χ1n) is 4.29. The highest BCUT2D eigenvalue weighted by Crippen LogP contribution is 2.35. The number of fused-ring (bicyclic) bond motifs is 1. The van der Waals surface area contributed by atoms with Crippen LogP contribution >= 0.6 is 11.8 Å². The second-order valence-electron chi connectivity index (χ2n) is 3.30. The van der Waals surface area contributed by atoms with Crippen LogP contribution in [-0.2, 0) is 0 Å². The third kappa shape index (κ3) is 1.32. The number of rotatable bonds is 0. The van der Waals surface area contributed by atoms with Gasteiger partial charge in [-0.05, 0) is 37.5 Å². The van der Waals surface area contributed by atoms with Crippen molar-refractivity contribution < 1.29 is 0 Å². The maximum Gasteiger partial charge on any atom is 0.0200 e. The molecule has 10 heavy (non-hydrogen) atoms. The van der Waals surface area contributed by atoms with Gasteiger partial charge in [-0.15, -0.1) is 0 Å². The minimum Gasteiger partial charge on any atom is -0.316 e. The van der Waals surface area contributed by atoms with Crippen LogP contribution in [0.25, 0.3) is 0 Å². The average Bonchev–Trinajstić information content (AvgIpc) is 2.28. The van der Waals surface area contributed by atoms with E-state index in [1.807, 2.05) is 0 Å². The molecule has 0 saturated carbocycles. The molecule has 0 bridgehead atoms. The van der Waals surface area contributed by atoms with Gasteiger partial charge in [0.1, 0.15) is 0 Å². The standard InChI is InChI=1S/C8H15NS/c1-2-7-3-5-10-8(7)6-9-4-1/h7-9H,1-6H2. The number of hydrogen-bond donors (Lipinski definition) is 1. The van der Waals surface area contributed by atoms with E-state index in [9.17, 15) is 0 Å². The largest absolute Gasteiger partial charge is 0.316 e. The molecule has 2 heterocycles. The molecule has 1 nitrogen and oxygen atoms in total. The maximum absolute atomic E-state index is 3.50. The summed E-state index contributed by atoms with van der Waals surface area (Å²) in [4.78, 5) is 0. The summed E-state index contributed by atoms with van der Waals surface area (Å²) in [5, 5.41) is 4.46. The quantitative estimate of drug-likeness (QED) is 0.572. The molecule has 0 aromatic carbocycles. The molecule has 2 aliphatic heterocycles. The van der Waals surface area contributed by atoms with E-state index in [1.54, 1.807) is 0 Å². The lowest BCUT2D eigenvalue weighted by Crippen LogP contribution is -2.23. The first kappa shape index (κ1) is 6.99. The summed E-state index contributed by atoms with van der Waals surface area (Å²) in [5.41, 5.74) is 0. The van der Waals surface area contributed by atoms with E-state index in [0.717, 1.165) is 11.2 Å². The summed E-state index contributed by atoms with van der Waals surface area (Å²) in [7, 11) is 0. The Labute approximate surface area is 67.0 Å². The second-order valence-corrected chi connectivity index (χ2v) is 4.65. The van der Waals surface area contributed by atoms with Crippen molar-refractivity contribution in [1.82, 2.24) is 5.32 Å². The molecule has 1 N–H and O–H groups in total. The van der Waals surface area contributed by atoms with Gasteiger partial charge in [-0.1, -0.05) is 0 Å². The SMILES string of the molecule is C1CNCC2SCCC2C1. The van der Waals surface area contributed by atoms with Crippen molar-refractivity contribution in [2.24, 2.45) is 5.92 Å². The second kappa shape index (κ2) is 3.14. The summed E-state index contributed by atoms with van der Waals surface area (Å²) < 4.78 is 0. The highest BCUT2D eigenvalue weighted by molar-refractivity contribution is 8.00. The van der Waals surface area contributed by atoms with Crippen molar-refractivity contribution in [2.45, 2.75) is 24.5 Å². The zero-order valence-electron chi connectivity index (χ0n) is 6.31. The van der Waals surface area contributed by atoms with Crippen molar-refractivity contribution in [3.05, 3.63) is 0 Å². The van der Waals surface area contributed by atoms with E-state index in [0.29, 0.717) is 0 Å². The molecule has 0 aromatic rings. The van der Waals surface area contributed by atoms with Gasteiger partial charge >= 0.3 is 0 Å². The Balaban J connectivity index is 1.95. The fourth-order valence-electron chi connectivity index (χ4n) is 1.98. The molecule has 2 rings (SSSR count). The van der Waals surface area contributed by atoms with E-state index in [-0.39, 0.29) is 0 Å². The van der Waals surface area contributed by atoms with Crippen LogP contribution in [0.3, 0.4) is 0 Å². The normalized spacial score (nSPS) is 40.8. The molecule has 2 unspecified atom stereocenters. The van der Waals surface area contributed by atoms with Gasteiger partial charge in [0.05, 0.1) is 0 Å². The molecule has 0 radical (unpaired) electrons. The predicted molar refractivity (Wildman–Crippen MR) is 46.5 cm³/mol. The summed E-state index contributed by atoms with van der Waals surface area (Å²) in [6.07, 6.45) is 4.36. The molecule has 2 fully saturated rings. The van der Waals surface area contributed by atoms with Crippen LogP contribution in [-0.4, -0.2) is 24.1 Å². The van der Waals surface area contributed by atoms with Crippen LogP contribution in [0.1, 0.15) is 19.3 Å². The van der Waals surface area contributed by atoms with Gasteiger partial charge in [-0.25, -0.2) is 0 Å². The molecule has 2 heteroatoms. The van der Waals surface area contributed by atoms with Crippen molar-refractivity contribution in [3.63, 3.8) is 0 Å². The van der Waals surface area contributed by atoms with Crippen molar-refractivity contribution >= 4 is 11.8 Å². The fourth-order valence-corrected chi connectivity index (χ4v) is 3.50. The van der Waals surface area contributed by atoms with Gasteiger partial charge in [-0.2, -0.15) is 11.8 Å². The molecular formula is C8H15NS. The molecular weight excluding hydrogens is 142 g/mol. The van der Waals surface area contributed by atoms with Gasteiger partial charge in [0.2, 0.25) is 0 Å². The smallest absolute Gasteiger partial charge is 0.0200 e. The van der Waals surface area contributed by atoms with Crippen LogP contribution in [0.4, 0.5) is 0 Å². The van der Waals surface area contributed by atoms with Crippen molar-refractivity contribution in [1.29, 1.82) is 0 Å². The predicted octanol–water partition coefficient (Wildman–Crippen LogP) is 1.49. The van der Waals surface area contributed by atoms with Crippen LogP contribution in [0, 0.1) is 5.92 Å². The zero-order valence-corrected chi connectivity index (χ0v) is 7.12. The van der Waals surface area contributed by atoms with Crippen molar-refractivity contribution in [3.8, 4) is 0 Å².